The van der Waals surface area contributed by atoms with E-state index in [4.69, 9.17) is 18.9 Å². The predicted octanol–water partition coefficient (Wildman–Crippen LogP) is 20.1. The quantitative estimate of drug-likeness (QED) is 0.0322. The van der Waals surface area contributed by atoms with E-state index in [-0.39, 0.29) is 5.91 Å². The van der Waals surface area contributed by atoms with E-state index in [0.29, 0.717) is 57.7 Å². The average molecular weight is 1260 g/mol. The van der Waals surface area contributed by atoms with Crippen LogP contribution in [0.15, 0.2) is 78.9 Å². The maximum Gasteiger partial charge on any atom is 0.256 e. The number of halogens is 2. The number of benzene rings is 5. The summed E-state index contributed by atoms with van der Waals surface area (Å²) in [4.78, 5) is 14.5. The van der Waals surface area contributed by atoms with Crippen LogP contribution in [0.2, 0.25) is 0 Å². The fourth-order valence-electron chi connectivity index (χ4n) is 10.6. The van der Waals surface area contributed by atoms with Crippen LogP contribution in [0.3, 0.4) is 0 Å². The van der Waals surface area contributed by atoms with Gasteiger partial charge < -0.3 is 24.3 Å². The van der Waals surface area contributed by atoms with Crippen molar-refractivity contribution in [1.82, 2.24) is 0 Å². The van der Waals surface area contributed by atoms with Gasteiger partial charge in [0, 0.05) is 49.6 Å². The zero-order chi connectivity index (χ0) is 53.7. The SMILES string of the molecule is CCCCCCCCOc1c2cccc1Cc1cccc(c1OCCCCCCCC)Cc1cc(NC(=O)c3cc(I)c(C)cc3I)cc(c1OCCCCCCCC)Cc1cccc(c1OCCCCCCCC)C2. The number of carbonyl (C=O) groups is 1. The highest BCUT2D eigenvalue weighted by molar-refractivity contribution is 14.1. The minimum absolute atomic E-state index is 0.118. The summed E-state index contributed by atoms with van der Waals surface area (Å²) in [6.07, 6.45) is 31.2. The topological polar surface area (TPSA) is 66.0 Å². The van der Waals surface area contributed by atoms with Crippen LogP contribution in [0, 0.1) is 14.1 Å². The van der Waals surface area contributed by atoms with E-state index in [9.17, 15) is 4.79 Å². The van der Waals surface area contributed by atoms with Crippen LogP contribution < -0.4 is 24.3 Å². The molecular weight excluding hydrogens is 1160 g/mol. The van der Waals surface area contributed by atoms with Crippen molar-refractivity contribution < 1.29 is 23.7 Å². The molecule has 1 aliphatic rings. The van der Waals surface area contributed by atoms with Gasteiger partial charge in [-0.25, -0.2) is 0 Å². The Hall–Kier alpha value is -3.77. The Labute approximate surface area is 487 Å². The van der Waals surface area contributed by atoms with Gasteiger partial charge in [0.05, 0.1) is 32.0 Å². The summed E-state index contributed by atoms with van der Waals surface area (Å²) in [5.41, 5.74) is 11.6. The molecule has 0 unspecified atom stereocenters. The summed E-state index contributed by atoms with van der Waals surface area (Å²) in [5, 5.41) is 3.40. The van der Waals surface area contributed by atoms with E-state index in [1.807, 2.05) is 6.07 Å². The number of unbranched alkanes of at least 4 members (excludes halogenated alkanes) is 20. The van der Waals surface area contributed by atoms with Crippen molar-refractivity contribution in [2.45, 2.75) is 214 Å². The van der Waals surface area contributed by atoms with E-state index < -0.39 is 0 Å². The second kappa shape index (κ2) is 35.0. The van der Waals surface area contributed by atoms with Gasteiger partial charge in [-0.3, -0.25) is 4.79 Å². The van der Waals surface area contributed by atoms with Gasteiger partial charge in [-0.2, -0.15) is 0 Å². The molecule has 5 aromatic carbocycles. The third-order valence-corrected chi connectivity index (χ3v) is 17.1. The largest absolute Gasteiger partial charge is 0.493 e. The lowest BCUT2D eigenvalue weighted by molar-refractivity contribution is 0.102. The van der Waals surface area contributed by atoms with Gasteiger partial charge in [0.2, 0.25) is 0 Å². The van der Waals surface area contributed by atoms with Crippen molar-refractivity contribution in [2.24, 2.45) is 0 Å². The van der Waals surface area contributed by atoms with Gasteiger partial charge in [-0.1, -0.05) is 211 Å². The normalized spacial score (nSPS) is 12.1. The number of rotatable bonds is 34. The smallest absolute Gasteiger partial charge is 0.256 e. The monoisotopic (exact) mass is 1260 g/mol. The first-order chi connectivity index (χ1) is 37.2. The number of hydrogen-bond donors (Lipinski definition) is 1. The molecule has 76 heavy (non-hydrogen) atoms. The Kier molecular flexibility index (Phi) is 28.3. The Morgan fingerprint density at radius 1 is 0.395 bits per heavy atom. The van der Waals surface area contributed by atoms with Crippen LogP contribution in [0.5, 0.6) is 23.0 Å². The molecule has 6 rings (SSSR count). The lowest BCUT2D eigenvalue weighted by Crippen LogP contribution is -2.15. The molecule has 0 heterocycles. The molecule has 0 fully saturated rings. The lowest BCUT2D eigenvalue weighted by atomic mass is 9.91. The number of fused-ring (bicyclic) bond motifs is 8. The Morgan fingerprint density at radius 2 is 0.684 bits per heavy atom. The average Bonchev–Trinajstić information content (AvgIpc) is 3.40. The molecule has 8 bridgehead atoms. The standard InChI is InChI=1S/C68H93I2NO5/c1-6-10-14-18-22-26-39-73-64-52-33-30-34-53(64)45-55-36-32-38-57(66(55)75-41-28-24-20-16-12-8-3)47-59-49-60(71-68(72)61-50-62(69)51(5)43-63(61)70)48-58(67(59)76-42-29-25-21-17-13-9-4)46-56-37-31-35-54(44-52)65(56)74-40-27-23-19-15-11-7-2/h30-38,43,48-50H,6-29,39-42,44-47H2,1-5H3,(H,71,72). The molecule has 6 nitrogen and oxygen atoms in total. The first-order valence-corrected chi connectivity index (χ1v) is 32.2. The molecule has 5 aromatic rings. The summed E-state index contributed by atoms with van der Waals surface area (Å²) < 4.78 is 30.3. The molecule has 0 atom stereocenters. The number of aryl methyl sites for hydroxylation is 1. The molecular formula is C68H93I2NO5. The summed E-state index contributed by atoms with van der Waals surface area (Å²) in [6, 6.07) is 28.6. The number of amides is 1. The Balaban J connectivity index is 1.50. The third kappa shape index (κ3) is 19.8. The minimum atomic E-state index is -0.118. The highest BCUT2D eigenvalue weighted by atomic mass is 127. The number of anilines is 1. The molecule has 0 saturated heterocycles. The summed E-state index contributed by atoms with van der Waals surface area (Å²) in [7, 11) is 0. The second-order valence-electron chi connectivity index (χ2n) is 21.5. The van der Waals surface area contributed by atoms with Gasteiger partial charge >= 0.3 is 0 Å². The number of carbonyl (C=O) groups excluding carboxylic acids is 1. The highest BCUT2D eigenvalue weighted by Gasteiger charge is 2.24. The molecule has 0 spiro atoms. The first-order valence-electron chi connectivity index (χ1n) is 30.0. The summed E-state index contributed by atoms with van der Waals surface area (Å²) in [5.74, 6) is 3.68. The number of para-hydroxylation sites is 3. The van der Waals surface area contributed by atoms with Gasteiger partial charge in [-0.05, 0) is 141 Å². The van der Waals surface area contributed by atoms with Crippen molar-refractivity contribution in [3.8, 4) is 23.0 Å². The van der Waals surface area contributed by atoms with E-state index in [0.717, 1.165) is 120 Å². The van der Waals surface area contributed by atoms with E-state index in [1.165, 1.54) is 120 Å². The van der Waals surface area contributed by atoms with Crippen molar-refractivity contribution >= 4 is 56.8 Å². The number of ether oxygens (including phenoxy) is 4. The van der Waals surface area contributed by atoms with Crippen LogP contribution in [-0.4, -0.2) is 32.3 Å². The minimum Gasteiger partial charge on any atom is -0.493 e. The van der Waals surface area contributed by atoms with Gasteiger partial charge in [0.15, 0.2) is 0 Å². The molecule has 0 aliphatic heterocycles. The summed E-state index contributed by atoms with van der Waals surface area (Å²) >= 11 is 4.64. The van der Waals surface area contributed by atoms with Gasteiger partial charge in [0.1, 0.15) is 23.0 Å². The van der Waals surface area contributed by atoms with Crippen molar-refractivity contribution in [3.63, 3.8) is 0 Å². The van der Waals surface area contributed by atoms with Crippen LogP contribution in [0.1, 0.15) is 242 Å². The van der Waals surface area contributed by atoms with Crippen LogP contribution in [0.4, 0.5) is 5.69 Å². The van der Waals surface area contributed by atoms with Gasteiger partial charge in [-0.15, -0.1) is 0 Å². The number of nitrogens with one attached hydrogen (secondary N) is 1. The maximum absolute atomic E-state index is 14.5. The van der Waals surface area contributed by atoms with Crippen molar-refractivity contribution in [2.75, 3.05) is 31.7 Å². The molecule has 1 aliphatic carbocycles. The lowest BCUT2D eigenvalue weighted by Gasteiger charge is -2.23. The van der Waals surface area contributed by atoms with Gasteiger partial charge in [0.25, 0.3) is 5.91 Å². The molecule has 1 N–H and O–H groups in total. The van der Waals surface area contributed by atoms with E-state index in [1.54, 1.807) is 0 Å². The Bertz CT molecular complexity index is 2410. The molecule has 0 aromatic heterocycles. The summed E-state index contributed by atoms with van der Waals surface area (Å²) in [6.45, 7) is 13.8. The second-order valence-corrected chi connectivity index (χ2v) is 23.9. The predicted molar refractivity (Wildman–Crippen MR) is 337 cm³/mol. The molecule has 0 radical (unpaired) electrons. The zero-order valence-corrected chi connectivity index (χ0v) is 51.7. The van der Waals surface area contributed by atoms with Crippen molar-refractivity contribution in [3.05, 3.63) is 142 Å². The van der Waals surface area contributed by atoms with Crippen LogP contribution >= 0.6 is 45.2 Å². The zero-order valence-electron chi connectivity index (χ0n) is 47.4. The Morgan fingerprint density at radius 3 is 1.01 bits per heavy atom. The molecule has 0 saturated carbocycles. The number of hydrogen-bond acceptors (Lipinski definition) is 5. The van der Waals surface area contributed by atoms with Crippen LogP contribution in [-0.2, 0) is 25.7 Å². The van der Waals surface area contributed by atoms with Crippen LogP contribution in [0.25, 0.3) is 0 Å². The fraction of sp³-hybridized carbons (Fsp3) is 0.544. The van der Waals surface area contributed by atoms with E-state index >= 15 is 0 Å². The molecule has 1 amide bonds. The van der Waals surface area contributed by atoms with E-state index in [2.05, 4.69) is 158 Å². The highest BCUT2D eigenvalue weighted by Crippen LogP contribution is 2.41. The molecule has 8 heteroatoms. The third-order valence-electron chi connectivity index (χ3n) is 15.0. The maximum atomic E-state index is 14.5. The first kappa shape index (κ1) is 61.4. The van der Waals surface area contributed by atoms with Crippen molar-refractivity contribution in [1.29, 1.82) is 0 Å². The fourth-order valence-corrected chi connectivity index (χ4v) is 12.0. The molecule has 414 valence electrons.